The zero-order chi connectivity index (χ0) is 22.7. The maximum atomic E-state index is 12.0. The Balaban J connectivity index is 1.43. The number of carbonyl (C=O) groups is 1. The Hall–Kier alpha value is -2.27. The fraction of sp³-hybridized carbons (Fsp3) is 0.593. The van der Waals surface area contributed by atoms with Crippen LogP contribution >= 0.6 is 0 Å². The third-order valence-corrected chi connectivity index (χ3v) is 7.05. The van der Waals surface area contributed by atoms with Crippen molar-refractivity contribution in [3.63, 3.8) is 0 Å². The van der Waals surface area contributed by atoms with Crippen LogP contribution in [-0.4, -0.2) is 34.7 Å². The predicted molar refractivity (Wildman–Crippen MR) is 130 cm³/mol. The van der Waals surface area contributed by atoms with E-state index in [9.17, 15) is 9.90 Å². The van der Waals surface area contributed by atoms with E-state index in [0.717, 1.165) is 35.7 Å². The van der Waals surface area contributed by atoms with E-state index in [4.69, 9.17) is 4.99 Å². The van der Waals surface area contributed by atoms with Crippen LogP contribution in [0.3, 0.4) is 0 Å². The summed E-state index contributed by atoms with van der Waals surface area (Å²) in [6.07, 6.45) is 11.2. The molecule has 172 valence electrons. The number of fused-ring (bicyclic) bond motifs is 1. The number of benzene rings is 1. The predicted octanol–water partition coefficient (Wildman–Crippen LogP) is 5.07. The molecule has 0 saturated heterocycles. The Bertz CT molecular complexity index is 915. The third kappa shape index (κ3) is 5.55. The number of amides is 1. The van der Waals surface area contributed by atoms with Gasteiger partial charge in [0.2, 0.25) is 5.91 Å². The van der Waals surface area contributed by atoms with Crippen LogP contribution in [-0.2, 0) is 10.2 Å². The number of amidine groups is 1. The first-order valence-corrected chi connectivity index (χ1v) is 12.3. The van der Waals surface area contributed by atoms with Crippen LogP contribution in [0.15, 0.2) is 46.0 Å². The molecular formula is C27H37N3O2. The highest BCUT2D eigenvalue weighted by molar-refractivity contribution is 6.14. The lowest BCUT2D eigenvalue weighted by Crippen LogP contribution is -2.38. The van der Waals surface area contributed by atoms with E-state index in [0.29, 0.717) is 18.7 Å². The molecule has 2 N–H and O–H groups in total. The molecule has 1 aromatic carbocycles. The molecule has 0 aromatic heterocycles. The Morgan fingerprint density at radius 1 is 1.06 bits per heavy atom. The van der Waals surface area contributed by atoms with Crippen molar-refractivity contribution in [3.8, 4) is 0 Å². The molecule has 2 aliphatic heterocycles. The van der Waals surface area contributed by atoms with Crippen LogP contribution in [0, 0.1) is 5.92 Å². The molecule has 1 amide bonds. The molecular weight excluding hydrogens is 398 g/mol. The first-order chi connectivity index (χ1) is 15.3. The van der Waals surface area contributed by atoms with Crippen LogP contribution in [0.1, 0.15) is 89.7 Å². The lowest BCUT2D eigenvalue weighted by Gasteiger charge is -2.24. The van der Waals surface area contributed by atoms with Crippen LogP contribution in [0.2, 0.25) is 0 Å². The SMILES string of the molecule is CC(C)(C)c1ccc(C2=NC3=CC(=O)NC3C(CCC(O)CCC3CCCCC3)=N2)cc1. The van der Waals surface area contributed by atoms with E-state index in [1.54, 1.807) is 6.08 Å². The van der Waals surface area contributed by atoms with Gasteiger partial charge in [-0.2, -0.15) is 0 Å². The van der Waals surface area contributed by atoms with E-state index in [1.807, 2.05) is 0 Å². The number of nitrogens with one attached hydrogen (secondary N) is 1. The molecule has 1 aromatic rings. The largest absolute Gasteiger partial charge is 0.393 e. The number of aliphatic hydroxyl groups excluding tert-OH is 1. The van der Waals surface area contributed by atoms with Crippen molar-refractivity contribution in [2.75, 3.05) is 0 Å². The van der Waals surface area contributed by atoms with Crippen molar-refractivity contribution in [3.05, 3.63) is 47.2 Å². The number of aliphatic imine (C=N–C) groups is 2. The normalized spacial score (nSPS) is 22.6. The van der Waals surface area contributed by atoms with Gasteiger partial charge >= 0.3 is 0 Å². The molecule has 3 aliphatic rings. The fourth-order valence-electron chi connectivity index (χ4n) is 4.99. The van der Waals surface area contributed by atoms with Crippen LogP contribution in [0.4, 0.5) is 0 Å². The Labute approximate surface area is 192 Å². The smallest absolute Gasteiger partial charge is 0.246 e. The maximum absolute atomic E-state index is 12.0. The van der Waals surface area contributed by atoms with Gasteiger partial charge in [-0.1, -0.05) is 77.1 Å². The first kappa shape index (κ1) is 22.9. The van der Waals surface area contributed by atoms with E-state index in [1.165, 1.54) is 37.7 Å². The molecule has 2 heterocycles. The van der Waals surface area contributed by atoms with Gasteiger partial charge in [-0.15, -0.1) is 0 Å². The number of aliphatic hydroxyl groups is 1. The second kappa shape index (κ2) is 9.70. The van der Waals surface area contributed by atoms with E-state index >= 15 is 0 Å². The van der Waals surface area contributed by atoms with Gasteiger partial charge in [-0.25, -0.2) is 9.98 Å². The highest BCUT2D eigenvalue weighted by Crippen LogP contribution is 2.29. The number of carbonyl (C=O) groups excluding carboxylic acids is 1. The Morgan fingerprint density at radius 3 is 2.47 bits per heavy atom. The first-order valence-electron chi connectivity index (χ1n) is 12.3. The van der Waals surface area contributed by atoms with Crippen LogP contribution in [0.5, 0.6) is 0 Å². The zero-order valence-corrected chi connectivity index (χ0v) is 19.7. The minimum absolute atomic E-state index is 0.0878. The van der Waals surface area contributed by atoms with Gasteiger partial charge in [0, 0.05) is 17.4 Å². The number of hydrogen-bond donors (Lipinski definition) is 2. The Kier molecular flexibility index (Phi) is 6.94. The molecule has 5 heteroatoms. The van der Waals surface area contributed by atoms with Crippen molar-refractivity contribution < 1.29 is 9.90 Å². The van der Waals surface area contributed by atoms with Crippen molar-refractivity contribution >= 4 is 17.5 Å². The lowest BCUT2D eigenvalue weighted by atomic mass is 9.85. The molecule has 2 unspecified atom stereocenters. The topological polar surface area (TPSA) is 74.0 Å². The van der Waals surface area contributed by atoms with Gasteiger partial charge in [0.1, 0.15) is 6.04 Å². The standard InChI is InChI=1S/C27H37N3O2/c1-27(2,3)20-12-10-19(11-13-20)26-28-22(25-23(29-26)17-24(32)30-25)16-15-21(31)14-9-18-7-5-4-6-8-18/h10-13,17-18,21,25,31H,4-9,14-16H2,1-3H3,(H,30,32). The highest BCUT2D eigenvalue weighted by Gasteiger charge is 2.32. The average Bonchev–Trinajstić information content (AvgIpc) is 3.16. The molecule has 0 radical (unpaired) electrons. The summed E-state index contributed by atoms with van der Waals surface area (Å²) in [5.74, 6) is 1.31. The summed E-state index contributed by atoms with van der Waals surface area (Å²) < 4.78 is 0. The summed E-state index contributed by atoms with van der Waals surface area (Å²) in [5.41, 5.74) is 3.92. The van der Waals surface area contributed by atoms with Gasteiger partial charge in [-0.05, 0) is 42.6 Å². The van der Waals surface area contributed by atoms with E-state index in [-0.39, 0.29) is 23.5 Å². The van der Waals surface area contributed by atoms with Crippen LogP contribution in [0.25, 0.3) is 0 Å². The van der Waals surface area contributed by atoms with E-state index in [2.05, 4.69) is 55.3 Å². The third-order valence-electron chi connectivity index (χ3n) is 7.05. The molecule has 0 spiro atoms. The molecule has 2 atom stereocenters. The number of hydrogen-bond acceptors (Lipinski definition) is 4. The summed E-state index contributed by atoms with van der Waals surface area (Å²) >= 11 is 0. The summed E-state index contributed by atoms with van der Waals surface area (Å²) in [5, 5.41) is 13.6. The van der Waals surface area contributed by atoms with Crippen molar-refractivity contribution in [1.82, 2.24) is 5.32 Å². The van der Waals surface area contributed by atoms with Crippen molar-refractivity contribution in [2.45, 2.75) is 96.1 Å². The average molecular weight is 436 g/mol. The fourth-order valence-corrected chi connectivity index (χ4v) is 4.99. The van der Waals surface area contributed by atoms with Crippen molar-refractivity contribution in [1.29, 1.82) is 0 Å². The number of nitrogens with zero attached hydrogens (tertiary/aromatic N) is 2. The molecule has 1 aliphatic carbocycles. The highest BCUT2D eigenvalue weighted by atomic mass is 16.3. The minimum atomic E-state index is -0.322. The number of rotatable bonds is 7. The lowest BCUT2D eigenvalue weighted by molar-refractivity contribution is -0.115. The molecule has 4 rings (SSSR count). The molecule has 32 heavy (non-hydrogen) atoms. The maximum Gasteiger partial charge on any atom is 0.246 e. The molecule has 1 fully saturated rings. The van der Waals surface area contributed by atoms with Crippen LogP contribution < -0.4 is 5.32 Å². The summed E-state index contributed by atoms with van der Waals surface area (Å²) in [6.45, 7) is 6.59. The van der Waals surface area contributed by atoms with Gasteiger partial charge < -0.3 is 10.4 Å². The van der Waals surface area contributed by atoms with E-state index < -0.39 is 0 Å². The van der Waals surface area contributed by atoms with Gasteiger partial charge in [0.15, 0.2) is 5.84 Å². The second-order valence-corrected chi connectivity index (χ2v) is 10.7. The minimum Gasteiger partial charge on any atom is -0.393 e. The molecule has 5 nitrogen and oxygen atoms in total. The monoisotopic (exact) mass is 435 g/mol. The second-order valence-electron chi connectivity index (χ2n) is 10.7. The van der Waals surface area contributed by atoms with Gasteiger partial charge in [-0.3, -0.25) is 4.79 Å². The molecule has 1 saturated carbocycles. The van der Waals surface area contributed by atoms with Gasteiger partial charge in [0.05, 0.1) is 11.8 Å². The zero-order valence-electron chi connectivity index (χ0n) is 19.7. The van der Waals surface area contributed by atoms with Gasteiger partial charge in [0.25, 0.3) is 0 Å². The summed E-state index contributed by atoms with van der Waals surface area (Å²) in [6, 6.07) is 8.11. The quantitative estimate of drug-likeness (QED) is 0.627. The summed E-state index contributed by atoms with van der Waals surface area (Å²) in [7, 11) is 0. The molecule has 0 bridgehead atoms. The Morgan fingerprint density at radius 2 is 1.78 bits per heavy atom. The summed E-state index contributed by atoms with van der Waals surface area (Å²) in [4.78, 5) is 21.5. The van der Waals surface area contributed by atoms with Crippen molar-refractivity contribution in [2.24, 2.45) is 15.9 Å².